The summed E-state index contributed by atoms with van der Waals surface area (Å²) < 4.78 is 0. The molecule has 2 rings (SSSR count). The minimum atomic E-state index is 0.462. The molecule has 1 fully saturated rings. The summed E-state index contributed by atoms with van der Waals surface area (Å²) in [5, 5.41) is 0.462. The van der Waals surface area contributed by atoms with E-state index < -0.39 is 0 Å². The first-order valence-corrected chi connectivity index (χ1v) is 6.27. The fourth-order valence-electron chi connectivity index (χ4n) is 2.39. The highest BCUT2D eigenvalue weighted by Gasteiger charge is 2.24. The van der Waals surface area contributed by atoms with E-state index in [2.05, 4.69) is 28.7 Å². The quantitative estimate of drug-likeness (QED) is 0.795. The van der Waals surface area contributed by atoms with Crippen molar-refractivity contribution >= 4 is 11.6 Å². The smallest absolute Gasteiger partial charge is 0.147 e. The Balaban J connectivity index is 2.04. The summed E-state index contributed by atoms with van der Waals surface area (Å²) >= 11 is 5.72. The van der Waals surface area contributed by atoms with Crippen LogP contribution in [0.4, 0.5) is 0 Å². The van der Waals surface area contributed by atoms with Crippen molar-refractivity contribution in [3.63, 3.8) is 0 Å². The van der Waals surface area contributed by atoms with Gasteiger partial charge in [-0.3, -0.25) is 9.88 Å². The van der Waals surface area contributed by atoms with Crippen molar-refractivity contribution in [3.05, 3.63) is 23.2 Å². The Morgan fingerprint density at radius 3 is 2.50 bits per heavy atom. The van der Waals surface area contributed by atoms with E-state index in [0.717, 1.165) is 12.2 Å². The standard InChI is InChI=1S/C12H18ClN3/c1-9-4-3-5-10(2)16(9)8-11-6-15-12(13)7-14-11/h6-7,9-10H,3-5,8H2,1-2H3. The number of aromatic nitrogens is 2. The second-order valence-electron chi connectivity index (χ2n) is 4.63. The van der Waals surface area contributed by atoms with E-state index in [0.29, 0.717) is 17.2 Å². The van der Waals surface area contributed by atoms with Gasteiger partial charge in [-0.15, -0.1) is 0 Å². The number of piperidine rings is 1. The molecular weight excluding hydrogens is 222 g/mol. The van der Waals surface area contributed by atoms with Crippen molar-refractivity contribution in [2.45, 2.75) is 51.7 Å². The number of hydrogen-bond acceptors (Lipinski definition) is 3. The van der Waals surface area contributed by atoms with E-state index in [1.165, 1.54) is 19.3 Å². The van der Waals surface area contributed by atoms with Gasteiger partial charge in [0.1, 0.15) is 5.15 Å². The van der Waals surface area contributed by atoms with Gasteiger partial charge in [0.25, 0.3) is 0 Å². The number of rotatable bonds is 2. The van der Waals surface area contributed by atoms with Crippen LogP contribution >= 0.6 is 11.6 Å². The molecule has 88 valence electrons. The van der Waals surface area contributed by atoms with Gasteiger partial charge in [0.2, 0.25) is 0 Å². The Hall–Kier alpha value is -0.670. The molecule has 2 atom stereocenters. The predicted molar refractivity (Wildman–Crippen MR) is 65.4 cm³/mol. The largest absolute Gasteiger partial charge is 0.292 e. The van der Waals surface area contributed by atoms with E-state index in [9.17, 15) is 0 Å². The number of likely N-dealkylation sites (tertiary alicyclic amines) is 1. The highest BCUT2D eigenvalue weighted by molar-refractivity contribution is 6.29. The molecule has 1 aromatic rings. The van der Waals surface area contributed by atoms with Gasteiger partial charge in [0, 0.05) is 18.6 Å². The van der Waals surface area contributed by atoms with Crippen LogP contribution in [0.1, 0.15) is 38.8 Å². The molecule has 2 unspecified atom stereocenters. The van der Waals surface area contributed by atoms with Crippen LogP contribution in [0.5, 0.6) is 0 Å². The fourth-order valence-corrected chi connectivity index (χ4v) is 2.49. The molecule has 1 aliphatic heterocycles. The Kier molecular flexibility index (Phi) is 3.77. The van der Waals surface area contributed by atoms with Crippen LogP contribution in [0.3, 0.4) is 0 Å². The topological polar surface area (TPSA) is 29.0 Å². The zero-order valence-corrected chi connectivity index (χ0v) is 10.6. The summed E-state index contributed by atoms with van der Waals surface area (Å²) in [5.41, 5.74) is 1.00. The normalized spacial score (nSPS) is 26.9. The molecule has 0 spiro atoms. The summed E-state index contributed by atoms with van der Waals surface area (Å²) in [7, 11) is 0. The SMILES string of the molecule is CC1CCCC(C)N1Cc1cnc(Cl)cn1. The Labute approximate surface area is 102 Å². The first kappa shape index (κ1) is 11.8. The molecule has 16 heavy (non-hydrogen) atoms. The second kappa shape index (κ2) is 5.11. The zero-order chi connectivity index (χ0) is 11.5. The van der Waals surface area contributed by atoms with Gasteiger partial charge < -0.3 is 0 Å². The molecule has 0 bridgehead atoms. The first-order chi connectivity index (χ1) is 7.66. The van der Waals surface area contributed by atoms with E-state index in [-0.39, 0.29) is 0 Å². The molecule has 0 N–H and O–H groups in total. The molecule has 0 aromatic carbocycles. The lowest BCUT2D eigenvalue weighted by atomic mass is 9.97. The third kappa shape index (κ3) is 2.71. The third-order valence-electron chi connectivity index (χ3n) is 3.39. The van der Waals surface area contributed by atoms with Crippen molar-refractivity contribution in [2.24, 2.45) is 0 Å². The van der Waals surface area contributed by atoms with Gasteiger partial charge in [0.15, 0.2) is 0 Å². The highest BCUT2D eigenvalue weighted by atomic mass is 35.5. The predicted octanol–water partition coefficient (Wildman–Crippen LogP) is 2.89. The minimum Gasteiger partial charge on any atom is -0.292 e. The summed E-state index contributed by atoms with van der Waals surface area (Å²) in [5.74, 6) is 0. The maximum atomic E-state index is 5.72. The number of hydrogen-bond donors (Lipinski definition) is 0. The lowest BCUT2D eigenvalue weighted by molar-refractivity contribution is 0.0937. The minimum absolute atomic E-state index is 0.462. The van der Waals surface area contributed by atoms with Crippen LogP contribution in [0.25, 0.3) is 0 Å². The third-order valence-corrected chi connectivity index (χ3v) is 3.59. The average molecular weight is 240 g/mol. The maximum Gasteiger partial charge on any atom is 0.147 e. The van der Waals surface area contributed by atoms with Crippen molar-refractivity contribution in [1.29, 1.82) is 0 Å². The summed E-state index contributed by atoms with van der Waals surface area (Å²) in [6.07, 6.45) is 7.30. The zero-order valence-electron chi connectivity index (χ0n) is 9.86. The lowest BCUT2D eigenvalue weighted by Crippen LogP contribution is -2.43. The molecule has 0 saturated carbocycles. The lowest BCUT2D eigenvalue weighted by Gasteiger charge is -2.38. The molecular formula is C12H18ClN3. The Bertz CT molecular complexity index is 329. The summed E-state index contributed by atoms with van der Waals surface area (Å²) in [6, 6.07) is 1.28. The summed E-state index contributed by atoms with van der Waals surface area (Å²) in [4.78, 5) is 10.9. The van der Waals surface area contributed by atoms with Crippen LogP contribution < -0.4 is 0 Å². The average Bonchev–Trinajstić information content (AvgIpc) is 2.26. The molecule has 1 saturated heterocycles. The maximum absolute atomic E-state index is 5.72. The molecule has 1 aromatic heterocycles. The van der Waals surface area contributed by atoms with Crippen molar-refractivity contribution in [3.8, 4) is 0 Å². The van der Waals surface area contributed by atoms with Crippen LogP contribution in [-0.4, -0.2) is 27.0 Å². The van der Waals surface area contributed by atoms with Gasteiger partial charge >= 0.3 is 0 Å². The molecule has 0 aliphatic carbocycles. The van der Waals surface area contributed by atoms with E-state index >= 15 is 0 Å². The van der Waals surface area contributed by atoms with Gasteiger partial charge in [-0.05, 0) is 26.7 Å². The molecule has 4 heteroatoms. The Morgan fingerprint density at radius 1 is 1.25 bits per heavy atom. The first-order valence-electron chi connectivity index (χ1n) is 5.89. The number of nitrogens with zero attached hydrogens (tertiary/aromatic N) is 3. The van der Waals surface area contributed by atoms with Crippen LogP contribution in [0.2, 0.25) is 5.15 Å². The van der Waals surface area contributed by atoms with Gasteiger partial charge in [-0.25, -0.2) is 4.98 Å². The van der Waals surface area contributed by atoms with E-state index in [1.54, 1.807) is 12.4 Å². The van der Waals surface area contributed by atoms with E-state index in [1.807, 2.05) is 0 Å². The van der Waals surface area contributed by atoms with Gasteiger partial charge in [0.05, 0.1) is 18.1 Å². The van der Waals surface area contributed by atoms with Gasteiger partial charge in [-0.2, -0.15) is 0 Å². The van der Waals surface area contributed by atoms with Crippen molar-refractivity contribution in [1.82, 2.24) is 14.9 Å². The van der Waals surface area contributed by atoms with Crippen LogP contribution in [-0.2, 0) is 6.54 Å². The molecule has 1 aliphatic rings. The molecule has 0 amide bonds. The van der Waals surface area contributed by atoms with Gasteiger partial charge in [-0.1, -0.05) is 18.0 Å². The van der Waals surface area contributed by atoms with Crippen LogP contribution in [0.15, 0.2) is 12.4 Å². The molecule has 0 radical (unpaired) electrons. The van der Waals surface area contributed by atoms with E-state index in [4.69, 9.17) is 11.6 Å². The molecule has 2 heterocycles. The monoisotopic (exact) mass is 239 g/mol. The Morgan fingerprint density at radius 2 is 1.94 bits per heavy atom. The van der Waals surface area contributed by atoms with Crippen molar-refractivity contribution < 1.29 is 0 Å². The summed E-state index contributed by atoms with van der Waals surface area (Å²) in [6.45, 7) is 5.46. The fraction of sp³-hybridized carbons (Fsp3) is 0.667. The second-order valence-corrected chi connectivity index (χ2v) is 5.02. The number of halogens is 1. The van der Waals surface area contributed by atoms with Crippen molar-refractivity contribution in [2.75, 3.05) is 0 Å². The highest BCUT2D eigenvalue weighted by Crippen LogP contribution is 2.23. The van der Waals surface area contributed by atoms with Crippen LogP contribution in [0, 0.1) is 0 Å². The molecule has 3 nitrogen and oxygen atoms in total.